The molecule has 0 radical (unpaired) electrons. The van der Waals surface area contributed by atoms with Crippen molar-refractivity contribution in [3.63, 3.8) is 0 Å². The smallest absolute Gasteiger partial charge is 0.247 e. The Morgan fingerprint density at radius 1 is 1.24 bits per heavy atom. The standard InChI is InChI=1S/C17H13N5O2S/c18-17(25)22-21-16-11(7-9-5-6-10(23)8-14(9)24-16)15-19-12-3-1-2-4-13(12)20-15/h1-8,23H,(H,19,20)(H3,18,22,25)/b21-16+. The van der Waals surface area contributed by atoms with Crippen molar-refractivity contribution in [2.75, 3.05) is 0 Å². The van der Waals surface area contributed by atoms with Gasteiger partial charge in [-0.25, -0.2) is 4.98 Å². The number of fused-ring (bicyclic) bond motifs is 2. The van der Waals surface area contributed by atoms with Gasteiger partial charge in [0, 0.05) is 11.5 Å². The van der Waals surface area contributed by atoms with Gasteiger partial charge in [-0.15, -0.1) is 5.10 Å². The van der Waals surface area contributed by atoms with Crippen molar-refractivity contribution in [2.45, 2.75) is 0 Å². The van der Waals surface area contributed by atoms with Crippen molar-refractivity contribution in [2.24, 2.45) is 10.8 Å². The number of rotatable bonds is 2. The summed E-state index contributed by atoms with van der Waals surface area (Å²) in [5.74, 6) is 0.699. The van der Waals surface area contributed by atoms with E-state index in [1.54, 1.807) is 12.1 Å². The fourth-order valence-electron chi connectivity index (χ4n) is 2.55. The van der Waals surface area contributed by atoms with E-state index in [-0.39, 0.29) is 16.4 Å². The van der Waals surface area contributed by atoms with Crippen LogP contribution in [-0.4, -0.2) is 20.2 Å². The SMILES string of the molecule is NC(=S)N/N=c1/oc2cc(O)ccc2cc1-c1nc2ccccc2[nH]1. The zero-order valence-electron chi connectivity index (χ0n) is 12.9. The molecule has 0 unspecified atom stereocenters. The van der Waals surface area contributed by atoms with Gasteiger partial charge in [0.05, 0.1) is 16.6 Å². The molecule has 7 nitrogen and oxygen atoms in total. The summed E-state index contributed by atoms with van der Waals surface area (Å²) in [6.45, 7) is 0. The first-order valence-corrected chi connectivity index (χ1v) is 7.82. The Morgan fingerprint density at radius 2 is 2.08 bits per heavy atom. The van der Waals surface area contributed by atoms with E-state index in [1.807, 2.05) is 30.3 Å². The van der Waals surface area contributed by atoms with E-state index >= 15 is 0 Å². The maximum absolute atomic E-state index is 9.66. The summed E-state index contributed by atoms with van der Waals surface area (Å²) >= 11 is 4.79. The van der Waals surface area contributed by atoms with E-state index in [1.165, 1.54) is 6.07 Å². The topological polar surface area (TPSA) is 112 Å². The quantitative estimate of drug-likeness (QED) is 0.326. The van der Waals surface area contributed by atoms with Crippen molar-refractivity contribution < 1.29 is 9.52 Å². The van der Waals surface area contributed by atoms with Crippen LogP contribution in [0.2, 0.25) is 0 Å². The van der Waals surface area contributed by atoms with Gasteiger partial charge in [-0.2, -0.15) is 0 Å². The third-order valence-corrected chi connectivity index (χ3v) is 3.74. The fourth-order valence-corrected chi connectivity index (χ4v) is 2.59. The average Bonchev–Trinajstić information content (AvgIpc) is 3.03. The molecule has 0 fully saturated rings. The molecule has 124 valence electrons. The van der Waals surface area contributed by atoms with Gasteiger partial charge >= 0.3 is 0 Å². The molecule has 4 rings (SSSR count). The lowest BCUT2D eigenvalue weighted by molar-refractivity contribution is 0.472. The molecular weight excluding hydrogens is 338 g/mol. The number of H-pyrrole nitrogens is 1. The second-order valence-corrected chi connectivity index (χ2v) is 5.82. The number of imidazole rings is 1. The first-order chi connectivity index (χ1) is 12.1. The summed E-state index contributed by atoms with van der Waals surface area (Å²) in [7, 11) is 0. The molecule has 0 amide bonds. The van der Waals surface area contributed by atoms with Crippen molar-refractivity contribution >= 4 is 39.3 Å². The number of aromatic hydroxyl groups is 1. The van der Waals surface area contributed by atoms with Gasteiger partial charge in [-0.05, 0) is 42.5 Å². The van der Waals surface area contributed by atoms with Crippen molar-refractivity contribution in [3.8, 4) is 17.1 Å². The van der Waals surface area contributed by atoms with Gasteiger partial charge in [0.2, 0.25) is 5.55 Å². The fraction of sp³-hybridized carbons (Fsp3) is 0. The molecule has 25 heavy (non-hydrogen) atoms. The van der Waals surface area contributed by atoms with Crippen LogP contribution in [0.25, 0.3) is 33.4 Å². The summed E-state index contributed by atoms with van der Waals surface area (Å²) in [4.78, 5) is 7.82. The summed E-state index contributed by atoms with van der Waals surface area (Å²) < 4.78 is 5.81. The van der Waals surface area contributed by atoms with Crippen LogP contribution in [0.4, 0.5) is 0 Å². The highest BCUT2D eigenvalue weighted by Gasteiger charge is 2.11. The lowest BCUT2D eigenvalue weighted by Crippen LogP contribution is -2.27. The Hall–Kier alpha value is -3.39. The van der Waals surface area contributed by atoms with Crippen LogP contribution in [0.3, 0.4) is 0 Å². The van der Waals surface area contributed by atoms with Gasteiger partial charge in [0.15, 0.2) is 5.11 Å². The predicted octanol–water partition coefficient (Wildman–Crippen LogP) is 2.33. The van der Waals surface area contributed by atoms with E-state index in [4.69, 9.17) is 22.4 Å². The van der Waals surface area contributed by atoms with Gasteiger partial charge in [-0.3, -0.25) is 5.43 Å². The van der Waals surface area contributed by atoms with E-state index in [0.29, 0.717) is 17.0 Å². The Bertz CT molecular complexity index is 1150. The normalized spacial score (nSPS) is 11.9. The number of nitrogens with two attached hydrogens (primary N) is 1. The highest BCUT2D eigenvalue weighted by Crippen LogP contribution is 2.24. The Kier molecular flexibility index (Phi) is 3.58. The average molecular weight is 351 g/mol. The molecule has 2 aromatic heterocycles. The number of hydrogen-bond acceptors (Lipinski definition) is 5. The number of nitrogens with zero attached hydrogens (tertiary/aromatic N) is 2. The molecule has 0 saturated heterocycles. The molecule has 0 aliphatic heterocycles. The van der Waals surface area contributed by atoms with E-state index in [9.17, 15) is 5.11 Å². The molecule has 0 aliphatic rings. The summed E-state index contributed by atoms with van der Waals surface area (Å²) in [5.41, 5.74) is 11.1. The van der Waals surface area contributed by atoms with Crippen LogP contribution in [-0.2, 0) is 0 Å². The first kappa shape index (κ1) is 15.2. The van der Waals surface area contributed by atoms with Crippen molar-refractivity contribution in [1.29, 1.82) is 0 Å². The lowest BCUT2D eigenvalue weighted by Gasteiger charge is -2.03. The number of nitrogens with one attached hydrogen (secondary N) is 2. The molecule has 0 atom stereocenters. The maximum atomic E-state index is 9.66. The minimum absolute atomic E-state index is 0.0155. The molecule has 2 heterocycles. The second-order valence-electron chi connectivity index (χ2n) is 5.38. The van der Waals surface area contributed by atoms with E-state index < -0.39 is 0 Å². The summed E-state index contributed by atoms with van der Waals surface area (Å²) in [6, 6.07) is 14.4. The van der Waals surface area contributed by atoms with Crippen molar-refractivity contribution in [1.82, 2.24) is 15.4 Å². The molecule has 5 N–H and O–H groups in total. The van der Waals surface area contributed by atoms with Gasteiger partial charge in [0.1, 0.15) is 17.2 Å². The molecule has 0 bridgehead atoms. The number of aromatic amines is 1. The third kappa shape index (κ3) is 2.90. The van der Waals surface area contributed by atoms with Gasteiger partial charge < -0.3 is 20.2 Å². The van der Waals surface area contributed by atoms with Crippen molar-refractivity contribution in [3.05, 3.63) is 54.1 Å². The molecule has 0 aliphatic carbocycles. The zero-order chi connectivity index (χ0) is 17.4. The van der Waals surface area contributed by atoms with Crippen LogP contribution in [0.1, 0.15) is 0 Å². The van der Waals surface area contributed by atoms with E-state index in [0.717, 1.165) is 16.4 Å². The lowest BCUT2D eigenvalue weighted by atomic mass is 10.1. The number of para-hydroxylation sites is 2. The van der Waals surface area contributed by atoms with Gasteiger partial charge in [-0.1, -0.05) is 12.1 Å². The highest BCUT2D eigenvalue weighted by atomic mass is 32.1. The maximum Gasteiger partial charge on any atom is 0.247 e. The van der Waals surface area contributed by atoms with Crippen LogP contribution in [0.15, 0.2) is 58.0 Å². The highest BCUT2D eigenvalue weighted by molar-refractivity contribution is 7.80. The van der Waals surface area contributed by atoms with E-state index in [2.05, 4.69) is 20.5 Å². The van der Waals surface area contributed by atoms with Crippen LogP contribution in [0, 0.1) is 0 Å². The summed E-state index contributed by atoms with van der Waals surface area (Å²) in [5, 5.41) is 14.6. The minimum Gasteiger partial charge on any atom is -0.508 e. The number of thiocarbonyl (C=S) groups is 1. The molecule has 4 aromatic rings. The first-order valence-electron chi connectivity index (χ1n) is 7.41. The predicted molar refractivity (Wildman–Crippen MR) is 98.5 cm³/mol. The van der Waals surface area contributed by atoms with Crippen LogP contribution < -0.4 is 16.7 Å². The molecular formula is C17H13N5O2S. The zero-order valence-corrected chi connectivity index (χ0v) is 13.7. The Morgan fingerprint density at radius 3 is 2.88 bits per heavy atom. The molecule has 0 spiro atoms. The number of phenols is 1. The summed E-state index contributed by atoms with van der Waals surface area (Å²) in [6.07, 6.45) is 0. The third-order valence-electron chi connectivity index (χ3n) is 3.65. The molecule has 2 aromatic carbocycles. The largest absolute Gasteiger partial charge is 0.508 e. The number of phenolic OH excluding ortho intramolecular Hbond substituents is 1. The second kappa shape index (κ2) is 5.91. The molecule has 0 saturated carbocycles. The Balaban J connectivity index is 1.99. The monoisotopic (exact) mass is 351 g/mol. The van der Waals surface area contributed by atoms with Crippen LogP contribution in [0.5, 0.6) is 5.75 Å². The molecule has 8 heteroatoms. The Labute approximate surface area is 146 Å². The number of benzene rings is 2. The number of hydrogen-bond donors (Lipinski definition) is 4. The number of aromatic nitrogens is 2. The van der Waals surface area contributed by atoms with Gasteiger partial charge in [0.25, 0.3) is 0 Å². The van der Waals surface area contributed by atoms with Crippen LogP contribution >= 0.6 is 12.2 Å². The minimum atomic E-state index is 0.0155.